The van der Waals surface area contributed by atoms with Crippen molar-refractivity contribution in [3.05, 3.63) is 29.8 Å². The molecule has 0 aliphatic rings. The summed E-state index contributed by atoms with van der Waals surface area (Å²) in [5.74, 6) is 0. The molecule has 1 rings (SSSR count). The van der Waals surface area contributed by atoms with Crippen molar-refractivity contribution < 1.29 is 27.4 Å². The number of nitrogens with zero attached hydrogens (tertiary/aromatic N) is 1. The van der Waals surface area contributed by atoms with Gasteiger partial charge in [-0.1, -0.05) is 17.7 Å². The lowest BCUT2D eigenvalue weighted by Gasteiger charge is -2.24. The Kier molecular flexibility index (Phi) is 11.1. The molecule has 0 spiro atoms. The number of methoxy groups -OCH3 is 4. The summed E-state index contributed by atoms with van der Waals surface area (Å²) >= 11 is 0. The largest absolute Gasteiger partial charge is 0.356 e. The van der Waals surface area contributed by atoms with E-state index in [1.54, 1.807) is 40.6 Å². The molecule has 0 saturated carbocycles. The van der Waals surface area contributed by atoms with E-state index in [1.165, 1.54) is 4.31 Å². The van der Waals surface area contributed by atoms with Crippen molar-refractivity contribution in [2.24, 2.45) is 0 Å². The highest BCUT2D eigenvalue weighted by atomic mass is 32.2. The van der Waals surface area contributed by atoms with Crippen LogP contribution < -0.4 is 0 Å². The van der Waals surface area contributed by atoms with Gasteiger partial charge in [-0.05, 0) is 44.7 Å². The topological polar surface area (TPSA) is 74.3 Å². The summed E-state index contributed by atoms with van der Waals surface area (Å²) in [5, 5.41) is 0. The van der Waals surface area contributed by atoms with Crippen LogP contribution in [0.2, 0.25) is 0 Å². The van der Waals surface area contributed by atoms with E-state index in [4.69, 9.17) is 18.9 Å². The van der Waals surface area contributed by atoms with Crippen LogP contribution in [0.3, 0.4) is 0 Å². The number of benzene rings is 1. The third-order valence-electron chi connectivity index (χ3n) is 4.41. The van der Waals surface area contributed by atoms with Crippen LogP contribution in [0.1, 0.15) is 31.2 Å². The predicted octanol–water partition coefficient (Wildman–Crippen LogP) is 2.78. The Labute approximate surface area is 163 Å². The highest BCUT2D eigenvalue weighted by Crippen LogP contribution is 2.19. The zero-order valence-electron chi connectivity index (χ0n) is 17.0. The minimum atomic E-state index is -3.57. The van der Waals surface area contributed by atoms with Gasteiger partial charge >= 0.3 is 0 Å². The summed E-state index contributed by atoms with van der Waals surface area (Å²) in [4.78, 5) is 0.304. The number of hydrogen-bond acceptors (Lipinski definition) is 6. The molecule has 0 N–H and O–H groups in total. The minimum absolute atomic E-state index is 0.304. The molecule has 0 heterocycles. The van der Waals surface area contributed by atoms with Gasteiger partial charge in [0.25, 0.3) is 0 Å². The van der Waals surface area contributed by atoms with Crippen LogP contribution in [0, 0.1) is 6.92 Å². The highest BCUT2D eigenvalue weighted by molar-refractivity contribution is 7.89. The first-order chi connectivity index (χ1) is 12.9. The third-order valence-corrected chi connectivity index (χ3v) is 6.32. The van der Waals surface area contributed by atoms with Crippen molar-refractivity contribution in [3.8, 4) is 0 Å². The van der Waals surface area contributed by atoms with Gasteiger partial charge in [0.1, 0.15) is 0 Å². The number of rotatable bonds is 14. The van der Waals surface area contributed by atoms with Gasteiger partial charge in [0.15, 0.2) is 12.6 Å². The van der Waals surface area contributed by atoms with Crippen molar-refractivity contribution in [1.82, 2.24) is 4.31 Å². The zero-order chi connectivity index (χ0) is 20.3. The van der Waals surface area contributed by atoms with Crippen LogP contribution in [-0.4, -0.2) is 66.8 Å². The second-order valence-corrected chi connectivity index (χ2v) is 8.24. The lowest BCUT2D eigenvalue weighted by atomic mass is 10.2. The number of ether oxygens (including phenoxy) is 4. The smallest absolute Gasteiger partial charge is 0.243 e. The maximum atomic E-state index is 13.1. The molecular weight excluding hydrogens is 370 g/mol. The molecule has 7 nitrogen and oxygen atoms in total. The van der Waals surface area contributed by atoms with Crippen LogP contribution >= 0.6 is 0 Å². The maximum absolute atomic E-state index is 13.1. The first-order valence-corrected chi connectivity index (χ1v) is 10.5. The van der Waals surface area contributed by atoms with E-state index in [1.807, 2.05) is 19.1 Å². The third kappa shape index (κ3) is 7.85. The number of sulfonamides is 1. The minimum Gasteiger partial charge on any atom is -0.356 e. The molecule has 0 bridgehead atoms. The number of aryl methyl sites for hydroxylation is 1. The van der Waals surface area contributed by atoms with Crippen molar-refractivity contribution in [2.45, 2.75) is 50.1 Å². The Morgan fingerprint density at radius 1 is 0.815 bits per heavy atom. The fourth-order valence-electron chi connectivity index (χ4n) is 2.74. The standard InChI is InChI=1S/C19H33NO6S/c1-16-10-12-17(13-11-16)27(21,22)20(14-6-8-18(23-2)24-3)15-7-9-19(25-4)26-5/h10-13,18-19H,6-9,14-15H2,1-5H3. The molecule has 0 amide bonds. The van der Waals surface area contributed by atoms with E-state index in [9.17, 15) is 8.42 Å². The Balaban J connectivity index is 2.83. The van der Waals surface area contributed by atoms with Gasteiger partial charge in [-0.2, -0.15) is 4.31 Å². The van der Waals surface area contributed by atoms with E-state index in [0.717, 1.165) is 5.56 Å². The van der Waals surface area contributed by atoms with Gasteiger partial charge in [0.05, 0.1) is 4.90 Å². The molecule has 0 fully saturated rings. The molecule has 0 radical (unpaired) electrons. The summed E-state index contributed by atoms with van der Waals surface area (Å²) in [6, 6.07) is 6.92. The molecule has 156 valence electrons. The monoisotopic (exact) mass is 403 g/mol. The van der Waals surface area contributed by atoms with Crippen LogP contribution in [0.4, 0.5) is 0 Å². The molecular formula is C19H33NO6S. The molecule has 0 aliphatic carbocycles. The van der Waals surface area contributed by atoms with Crippen molar-refractivity contribution >= 4 is 10.0 Å². The van der Waals surface area contributed by atoms with Crippen molar-refractivity contribution in [2.75, 3.05) is 41.5 Å². The van der Waals surface area contributed by atoms with Gasteiger partial charge in [0, 0.05) is 41.5 Å². The zero-order valence-corrected chi connectivity index (χ0v) is 17.8. The van der Waals surface area contributed by atoms with Crippen LogP contribution in [0.15, 0.2) is 29.2 Å². The summed E-state index contributed by atoms with van der Waals surface area (Å²) < 4.78 is 48.4. The van der Waals surface area contributed by atoms with Gasteiger partial charge in [0.2, 0.25) is 10.0 Å². The Hall–Kier alpha value is -1.03. The SMILES string of the molecule is COC(CCCN(CCCC(OC)OC)S(=O)(=O)c1ccc(C)cc1)OC. The maximum Gasteiger partial charge on any atom is 0.243 e. The molecule has 0 aromatic heterocycles. The van der Waals surface area contributed by atoms with Gasteiger partial charge in [-0.15, -0.1) is 0 Å². The Morgan fingerprint density at radius 3 is 1.59 bits per heavy atom. The quantitative estimate of drug-likeness (QED) is 0.445. The second-order valence-electron chi connectivity index (χ2n) is 6.30. The molecule has 27 heavy (non-hydrogen) atoms. The van der Waals surface area contributed by atoms with E-state index in [0.29, 0.717) is 43.7 Å². The van der Waals surface area contributed by atoms with Gasteiger partial charge < -0.3 is 18.9 Å². The van der Waals surface area contributed by atoms with Crippen molar-refractivity contribution in [3.63, 3.8) is 0 Å². The van der Waals surface area contributed by atoms with Crippen molar-refractivity contribution in [1.29, 1.82) is 0 Å². The van der Waals surface area contributed by atoms with E-state index >= 15 is 0 Å². The lowest BCUT2D eigenvalue weighted by Crippen LogP contribution is -2.34. The molecule has 0 aliphatic heterocycles. The number of hydrogen-bond donors (Lipinski definition) is 0. The fraction of sp³-hybridized carbons (Fsp3) is 0.684. The molecule has 0 atom stereocenters. The summed E-state index contributed by atoms with van der Waals surface area (Å²) in [5.41, 5.74) is 1.02. The Bertz CT molecular complexity index is 594. The van der Waals surface area contributed by atoms with Gasteiger partial charge in [-0.25, -0.2) is 8.42 Å². The van der Waals surface area contributed by atoms with Crippen LogP contribution in [-0.2, 0) is 29.0 Å². The average Bonchev–Trinajstić information content (AvgIpc) is 2.67. The highest BCUT2D eigenvalue weighted by Gasteiger charge is 2.24. The average molecular weight is 404 g/mol. The second kappa shape index (κ2) is 12.4. The molecule has 0 unspecified atom stereocenters. The fourth-order valence-corrected chi connectivity index (χ4v) is 4.26. The molecule has 8 heteroatoms. The van der Waals surface area contributed by atoms with E-state index in [2.05, 4.69) is 0 Å². The normalized spacial score (nSPS) is 12.4. The van der Waals surface area contributed by atoms with Gasteiger partial charge in [-0.3, -0.25) is 0 Å². The summed E-state index contributed by atoms with van der Waals surface area (Å²) in [7, 11) is 2.73. The van der Waals surface area contributed by atoms with E-state index < -0.39 is 10.0 Å². The van der Waals surface area contributed by atoms with Crippen LogP contribution in [0.5, 0.6) is 0 Å². The molecule has 0 saturated heterocycles. The molecule has 1 aromatic rings. The van der Waals surface area contributed by atoms with Crippen LogP contribution in [0.25, 0.3) is 0 Å². The lowest BCUT2D eigenvalue weighted by molar-refractivity contribution is -0.108. The first kappa shape index (κ1) is 24.0. The first-order valence-electron chi connectivity index (χ1n) is 9.07. The Morgan fingerprint density at radius 2 is 1.22 bits per heavy atom. The predicted molar refractivity (Wildman–Crippen MR) is 104 cm³/mol. The summed E-state index contributed by atoms with van der Waals surface area (Å²) in [6.07, 6.45) is 1.84. The van der Waals surface area contributed by atoms with E-state index in [-0.39, 0.29) is 12.6 Å². The molecule has 1 aromatic carbocycles. The summed E-state index contributed by atoms with van der Waals surface area (Å²) in [6.45, 7) is 2.72.